The molecular formula is C27H34O5. The Labute approximate surface area is 191 Å². The van der Waals surface area contributed by atoms with Crippen LogP contribution < -0.4 is 0 Å². The summed E-state index contributed by atoms with van der Waals surface area (Å²) in [5.74, 6) is -2.17. The Bertz CT molecular complexity index is 925. The van der Waals surface area contributed by atoms with Crippen LogP contribution in [0, 0.1) is 26.7 Å². The number of Topliss-reactive ketones (excluding diaryl/α,β-unsaturated/α-hetero) is 1. The van der Waals surface area contributed by atoms with Crippen molar-refractivity contribution in [3.63, 3.8) is 0 Å². The van der Waals surface area contributed by atoms with E-state index in [9.17, 15) is 14.4 Å². The van der Waals surface area contributed by atoms with E-state index in [1.54, 1.807) is 24.3 Å². The highest BCUT2D eigenvalue weighted by atomic mass is 16.6. The van der Waals surface area contributed by atoms with Gasteiger partial charge in [0.2, 0.25) is 0 Å². The molecule has 172 valence electrons. The monoisotopic (exact) mass is 438 g/mol. The van der Waals surface area contributed by atoms with Gasteiger partial charge in [-0.3, -0.25) is 4.79 Å². The number of hydrogen-bond donors (Lipinski definition) is 0. The van der Waals surface area contributed by atoms with Crippen LogP contribution in [0.3, 0.4) is 0 Å². The maximum atomic E-state index is 12.9. The maximum Gasteiger partial charge on any atom is 0.379 e. The molecule has 2 aromatic carbocycles. The molecule has 0 fully saturated rings. The second-order valence-electron chi connectivity index (χ2n) is 8.41. The number of ketones is 1. The molecule has 0 heterocycles. The fourth-order valence-electron chi connectivity index (χ4n) is 4.13. The van der Waals surface area contributed by atoms with Crippen molar-refractivity contribution in [2.75, 3.05) is 0 Å². The SMILES string of the molecule is CCCC(OC(=O)C(=O)c1c(C)cc(C)cc1C)C(C)C(CC)OC(=O)c1ccccc1. The number of ether oxygens (including phenoxy) is 2. The number of hydrogen-bond acceptors (Lipinski definition) is 5. The van der Waals surface area contributed by atoms with Crippen molar-refractivity contribution in [3.8, 4) is 0 Å². The summed E-state index contributed by atoms with van der Waals surface area (Å²) < 4.78 is 11.4. The standard InChI is InChI=1S/C27H34O5/c1-7-12-23(20(6)22(8-2)31-26(29)21-13-10-9-11-14-21)32-27(30)25(28)24-18(4)15-17(3)16-19(24)5/h9-11,13-16,20,22-23H,7-8,12H2,1-6H3. The molecule has 0 radical (unpaired) electrons. The molecule has 3 atom stereocenters. The highest BCUT2D eigenvalue weighted by Crippen LogP contribution is 2.24. The molecule has 0 aliphatic carbocycles. The predicted octanol–water partition coefficient (Wildman–Crippen LogP) is 5.78. The van der Waals surface area contributed by atoms with Gasteiger partial charge in [-0.05, 0) is 56.9 Å². The lowest BCUT2D eigenvalue weighted by atomic mass is 9.92. The molecule has 0 bridgehead atoms. The van der Waals surface area contributed by atoms with Gasteiger partial charge in [-0.1, -0.05) is 63.1 Å². The summed E-state index contributed by atoms with van der Waals surface area (Å²) in [7, 11) is 0. The van der Waals surface area contributed by atoms with Crippen molar-refractivity contribution < 1.29 is 23.9 Å². The van der Waals surface area contributed by atoms with Crippen molar-refractivity contribution in [1.82, 2.24) is 0 Å². The third-order valence-corrected chi connectivity index (χ3v) is 5.76. The summed E-state index contributed by atoms with van der Waals surface area (Å²) in [4.78, 5) is 38.2. The molecule has 0 N–H and O–H groups in total. The fraction of sp³-hybridized carbons (Fsp3) is 0.444. The smallest absolute Gasteiger partial charge is 0.379 e. The van der Waals surface area contributed by atoms with Gasteiger partial charge in [-0.2, -0.15) is 0 Å². The second-order valence-corrected chi connectivity index (χ2v) is 8.41. The van der Waals surface area contributed by atoms with Gasteiger partial charge in [0, 0.05) is 11.5 Å². The molecular weight excluding hydrogens is 404 g/mol. The van der Waals surface area contributed by atoms with E-state index in [0.29, 0.717) is 24.0 Å². The summed E-state index contributed by atoms with van der Waals surface area (Å²) >= 11 is 0. The summed E-state index contributed by atoms with van der Waals surface area (Å²) in [6.07, 6.45) is 0.941. The summed E-state index contributed by atoms with van der Waals surface area (Å²) in [5, 5.41) is 0. The van der Waals surface area contributed by atoms with Crippen molar-refractivity contribution in [2.24, 2.45) is 5.92 Å². The minimum absolute atomic E-state index is 0.260. The van der Waals surface area contributed by atoms with Crippen molar-refractivity contribution in [3.05, 3.63) is 70.3 Å². The van der Waals surface area contributed by atoms with Crippen LogP contribution in [0.4, 0.5) is 0 Å². The number of carbonyl (C=O) groups is 3. The van der Waals surface area contributed by atoms with Gasteiger partial charge in [0.1, 0.15) is 12.2 Å². The van der Waals surface area contributed by atoms with Crippen LogP contribution in [0.25, 0.3) is 0 Å². The Balaban J connectivity index is 2.16. The highest BCUT2D eigenvalue weighted by molar-refractivity contribution is 6.41. The maximum absolute atomic E-state index is 12.9. The van der Waals surface area contributed by atoms with E-state index in [2.05, 4.69) is 0 Å². The van der Waals surface area contributed by atoms with Crippen molar-refractivity contribution >= 4 is 17.7 Å². The molecule has 2 rings (SSSR count). The molecule has 3 unspecified atom stereocenters. The summed E-state index contributed by atoms with van der Waals surface area (Å²) in [5.41, 5.74) is 3.42. The highest BCUT2D eigenvalue weighted by Gasteiger charge is 2.32. The van der Waals surface area contributed by atoms with E-state index < -0.39 is 29.9 Å². The van der Waals surface area contributed by atoms with Crippen LogP contribution in [-0.2, 0) is 14.3 Å². The Morgan fingerprint density at radius 2 is 1.47 bits per heavy atom. The molecule has 0 aliphatic rings. The van der Waals surface area contributed by atoms with Crippen LogP contribution in [0.1, 0.15) is 77.4 Å². The quantitative estimate of drug-likeness (QED) is 0.267. The minimum atomic E-state index is -0.866. The van der Waals surface area contributed by atoms with Crippen molar-refractivity contribution in [2.45, 2.75) is 73.0 Å². The van der Waals surface area contributed by atoms with Gasteiger partial charge in [0.25, 0.3) is 5.78 Å². The summed E-state index contributed by atoms with van der Waals surface area (Å²) in [6, 6.07) is 12.6. The van der Waals surface area contributed by atoms with Crippen LogP contribution in [0.2, 0.25) is 0 Å². The molecule has 0 saturated heterocycles. The zero-order valence-electron chi connectivity index (χ0n) is 19.9. The minimum Gasteiger partial charge on any atom is -0.458 e. The zero-order chi connectivity index (χ0) is 23.8. The zero-order valence-corrected chi connectivity index (χ0v) is 19.9. The fourth-order valence-corrected chi connectivity index (χ4v) is 4.13. The van der Waals surface area contributed by atoms with Crippen LogP contribution in [0.15, 0.2) is 42.5 Å². The molecule has 2 aromatic rings. The van der Waals surface area contributed by atoms with E-state index in [1.165, 1.54) is 0 Å². The molecule has 0 saturated carbocycles. The molecule has 5 nitrogen and oxygen atoms in total. The normalized spacial score (nSPS) is 13.7. The number of aryl methyl sites for hydroxylation is 3. The first-order valence-electron chi connectivity index (χ1n) is 11.3. The van der Waals surface area contributed by atoms with E-state index in [4.69, 9.17) is 9.47 Å². The average Bonchev–Trinajstić information content (AvgIpc) is 2.76. The van der Waals surface area contributed by atoms with Gasteiger partial charge >= 0.3 is 11.9 Å². The van der Waals surface area contributed by atoms with Gasteiger partial charge < -0.3 is 9.47 Å². The Kier molecular flexibility index (Phi) is 9.18. The first kappa shape index (κ1) is 25.3. The number of benzene rings is 2. The first-order chi connectivity index (χ1) is 15.2. The van der Waals surface area contributed by atoms with Crippen LogP contribution in [0.5, 0.6) is 0 Å². The molecule has 5 heteroatoms. The van der Waals surface area contributed by atoms with Gasteiger partial charge in [-0.15, -0.1) is 0 Å². The Morgan fingerprint density at radius 3 is 2.00 bits per heavy atom. The third-order valence-electron chi connectivity index (χ3n) is 5.76. The number of rotatable bonds is 10. The first-order valence-corrected chi connectivity index (χ1v) is 11.3. The molecule has 0 aliphatic heterocycles. The molecule has 0 amide bonds. The number of esters is 2. The van der Waals surface area contributed by atoms with Crippen LogP contribution >= 0.6 is 0 Å². The summed E-state index contributed by atoms with van der Waals surface area (Å²) in [6.45, 7) is 11.4. The Hall–Kier alpha value is -2.95. The van der Waals surface area contributed by atoms with Gasteiger partial charge in [0.15, 0.2) is 0 Å². The predicted molar refractivity (Wildman–Crippen MR) is 125 cm³/mol. The average molecular weight is 439 g/mol. The topological polar surface area (TPSA) is 69.7 Å². The largest absolute Gasteiger partial charge is 0.458 e. The van der Waals surface area contributed by atoms with E-state index in [-0.39, 0.29) is 5.92 Å². The van der Waals surface area contributed by atoms with E-state index in [1.807, 2.05) is 59.7 Å². The van der Waals surface area contributed by atoms with Gasteiger partial charge in [0.05, 0.1) is 5.56 Å². The lowest BCUT2D eigenvalue weighted by Crippen LogP contribution is -2.37. The van der Waals surface area contributed by atoms with E-state index >= 15 is 0 Å². The Morgan fingerprint density at radius 1 is 0.875 bits per heavy atom. The molecule has 0 spiro atoms. The second kappa shape index (κ2) is 11.6. The lowest BCUT2D eigenvalue weighted by Gasteiger charge is -2.30. The lowest BCUT2D eigenvalue weighted by molar-refractivity contribution is -0.148. The third kappa shape index (κ3) is 6.28. The van der Waals surface area contributed by atoms with Crippen LogP contribution in [-0.4, -0.2) is 29.9 Å². The van der Waals surface area contributed by atoms with Gasteiger partial charge in [-0.25, -0.2) is 9.59 Å². The molecule has 32 heavy (non-hydrogen) atoms. The number of carbonyl (C=O) groups excluding carboxylic acids is 3. The van der Waals surface area contributed by atoms with E-state index in [0.717, 1.165) is 23.1 Å². The molecule has 0 aromatic heterocycles. The van der Waals surface area contributed by atoms with Crippen molar-refractivity contribution in [1.29, 1.82) is 0 Å².